The lowest BCUT2D eigenvalue weighted by Crippen LogP contribution is -2.24. The second-order valence-corrected chi connectivity index (χ2v) is 2.11. The summed E-state index contributed by atoms with van der Waals surface area (Å²) in [7, 11) is 0. The number of aliphatic carboxylic acids is 1. The van der Waals surface area contributed by atoms with E-state index in [1.165, 1.54) is 0 Å². The van der Waals surface area contributed by atoms with E-state index in [1.807, 2.05) is 0 Å². The Morgan fingerprint density at radius 2 is 2.33 bits per heavy atom. The van der Waals surface area contributed by atoms with Crippen LogP contribution in [-0.4, -0.2) is 34.9 Å². The van der Waals surface area contributed by atoms with Crippen molar-refractivity contribution >= 4 is 5.97 Å². The van der Waals surface area contributed by atoms with Crippen molar-refractivity contribution in [3.63, 3.8) is 0 Å². The predicted molar refractivity (Wildman–Crippen MR) is 29.0 cm³/mol. The average molecular weight is 130 g/mol. The highest BCUT2D eigenvalue weighted by Crippen LogP contribution is 2.07. The van der Waals surface area contributed by atoms with Crippen LogP contribution in [0.3, 0.4) is 0 Å². The minimum atomic E-state index is -0.938. The molecule has 1 heterocycles. The molecule has 0 amide bonds. The number of carboxylic acid groups (broad SMARTS) is 1. The second kappa shape index (κ2) is 2.33. The van der Waals surface area contributed by atoms with E-state index in [0.29, 0.717) is 0 Å². The van der Waals surface area contributed by atoms with Gasteiger partial charge in [0.15, 0.2) is 0 Å². The Labute approximate surface area is 52.5 Å². The Morgan fingerprint density at radius 3 is 2.56 bits per heavy atom. The van der Waals surface area contributed by atoms with Crippen LogP contribution < -0.4 is 5.32 Å². The molecule has 2 N–H and O–H groups in total. The van der Waals surface area contributed by atoms with Crippen molar-refractivity contribution in [2.45, 2.75) is 18.6 Å². The van der Waals surface area contributed by atoms with Crippen LogP contribution in [0.25, 0.3) is 0 Å². The maximum atomic E-state index is 10.1. The van der Waals surface area contributed by atoms with Crippen LogP contribution in [-0.2, 0) is 4.79 Å². The van der Waals surface area contributed by atoms with Gasteiger partial charge >= 0.3 is 5.97 Å². The molecule has 1 saturated heterocycles. The topological polar surface area (TPSA) is 71.6 Å². The fourth-order valence-electron chi connectivity index (χ4n) is 0.835. The first-order chi connectivity index (χ1) is 4.20. The average Bonchev–Trinajstić information content (AvgIpc) is 2.14. The van der Waals surface area contributed by atoms with Crippen molar-refractivity contribution < 1.29 is 15.0 Å². The normalized spacial score (nSPS) is 34.8. The second-order valence-electron chi connectivity index (χ2n) is 2.11. The Bertz CT molecular complexity index is 125. The van der Waals surface area contributed by atoms with Gasteiger partial charge in [0.05, 0.1) is 6.10 Å². The lowest BCUT2D eigenvalue weighted by atomic mass is 10.2. The zero-order valence-electron chi connectivity index (χ0n) is 4.82. The molecule has 1 aliphatic rings. The van der Waals surface area contributed by atoms with Gasteiger partial charge < -0.3 is 10.2 Å². The van der Waals surface area contributed by atoms with Crippen molar-refractivity contribution in [2.75, 3.05) is 6.54 Å². The number of aliphatic hydroxyl groups excluding tert-OH is 1. The van der Waals surface area contributed by atoms with Gasteiger partial charge in [0.2, 0.25) is 0 Å². The van der Waals surface area contributed by atoms with Crippen molar-refractivity contribution in [3.05, 3.63) is 0 Å². The highest BCUT2D eigenvalue weighted by atomic mass is 16.4. The summed E-state index contributed by atoms with van der Waals surface area (Å²) >= 11 is 0. The quantitative estimate of drug-likeness (QED) is 0.468. The van der Waals surface area contributed by atoms with Crippen LogP contribution >= 0.6 is 0 Å². The lowest BCUT2D eigenvalue weighted by molar-refractivity contribution is -0.139. The van der Waals surface area contributed by atoms with E-state index in [1.54, 1.807) is 0 Å². The van der Waals surface area contributed by atoms with Crippen LogP contribution in [0.1, 0.15) is 6.42 Å². The first kappa shape index (κ1) is 6.51. The van der Waals surface area contributed by atoms with Gasteiger partial charge in [0.25, 0.3) is 0 Å². The van der Waals surface area contributed by atoms with Crippen molar-refractivity contribution in [1.82, 2.24) is 5.32 Å². The molecule has 2 atom stereocenters. The van der Waals surface area contributed by atoms with E-state index < -0.39 is 18.1 Å². The molecule has 4 heteroatoms. The van der Waals surface area contributed by atoms with Crippen LogP contribution in [0.4, 0.5) is 0 Å². The minimum absolute atomic E-state index is 0.273. The molecule has 51 valence electrons. The molecule has 0 saturated carbocycles. The van der Waals surface area contributed by atoms with Gasteiger partial charge in [-0.05, 0) is 0 Å². The zero-order valence-corrected chi connectivity index (χ0v) is 4.82. The molecule has 9 heavy (non-hydrogen) atoms. The van der Waals surface area contributed by atoms with Gasteiger partial charge in [-0.15, -0.1) is 0 Å². The van der Waals surface area contributed by atoms with Gasteiger partial charge in [-0.25, -0.2) is 5.32 Å². The van der Waals surface area contributed by atoms with E-state index in [9.17, 15) is 4.79 Å². The number of carboxylic acids is 1. The molecule has 1 fully saturated rings. The van der Waals surface area contributed by atoms with Gasteiger partial charge in [-0.2, -0.15) is 0 Å². The largest absolute Gasteiger partial charge is 0.480 e. The number of nitrogens with zero attached hydrogens (tertiary/aromatic N) is 1. The molecule has 0 aromatic carbocycles. The van der Waals surface area contributed by atoms with Crippen LogP contribution in [0.15, 0.2) is 0 Å². The van der Waals surface area contributed by atoms with Gasteiger partial charge in [0.1, 0.15) is 6.04 Å². The molecule has 1 aliphatic heterocycles. The Morgan fingerprint density at radius 1 is 1.67 bits per heavy atom. The number of aliphatic hydroxyl groups is 1. The summed E-state index contributed by atoms with van der Waals surface area (Å²) in [5.74, 6) is -0.938. The summed E-state index contributed by atoms with van der Waals surface area (Å²) in [6.07, 6.45) is -0.263. The number of rotatable bonds is 1. The molecule has 1 rings (SSSR count). The van der Waals surface area contributed by atoms with Crippen molar-refractivity contribution in [2.24, 2.45) is 0 Å². The number of hydrogen-bond donors (Lipinski definition) is 2. The standard InChI is InChI=1S/C5H8NO3/c7-3-1-4(5(8)9)6-2-3/h3-4,7H,1-2H2,(H,8,9)/t3?,4-/m0/s1. The predicted octanol–water partition coefficient (Wildman–Crippen LogP) is -1.19. The Kier molecular flexibility index (Phi) is 1.68. The molecule has 0 spiro atoms. The maximum Gasteiger partial charge on any atom is 0.322 e. The van der Waals surface area contributed by atoms with Gasteiger partial charge in [-0.1, -0.05) is 0 Å². The summed E-state index contributed by atoms with van der Waals surface area (Å²) in [5, 5.41) is 20.8. The van der Waals surface area contributed by atoms with Crippen molar-refractivity contribution in [3.8, 4) is 0 Å². The molecule has 0 aromatic heterocycles. The summed E-state index contributed by atoms with van der Waals surface area (Å²) in [5.41, 5.74) is 0. The maximum absolute atomic E-state index is 10.1. The number of carbonyl (C=O) groups is 1. The molecule has 1 unspecified atom stereocenters. The fourth-order valence-corrected chi connectivity index (χ4v) is 0.835. The molecule has 0 aromatic rings. The summed E-state index contributed by atoms with van der Waals surface area (Å²) < 4.78 is 0. The monoisotopic (exact) mass is 130 g/mol. The van der Waals surface area contributed by atoms with Gasteiger partial charge in [-0.3, -0.25) is 4.79 Å². The molecular weight excluding hydrogens is 122 g/mol. The van der Waals surface area contributed by atoms with Crippen LogP contribution in [0.2, 0.25) is 0 Å². The smallest absolute Gasteiger partial charge is 0.322 e. The third-order valence-electron chi connectivity index (χ3n) is 1.32. The van der Waals surface area contributed by atoms with E-state index in [-0.39, 0.29) is 13.0 Å². The van der Waals surface area contributed by atoms with E-state index in [2.05, 4.69) is 5.32 Å². The van der Waals surface area contributed by atoms with E-state index >= 15 is 0 Å². The fraction of sp³-hybridized carbons (Fsp3) is 0.800. The summed E-state index contributed by atoms with van der Waals surface area (Å²) in [6.45, 7) is 0.275. The lowest BCUT2D eigenvalue weighted by Gasteiger charge is -1.98. The highest BCUT2D eigenvalue weighted by molar-refractivity contribution is 5.73. The minimum Gasteiger partial charge on any atom is -0.480 e. The van der Waals surface area contributed by atoms with Gasteiger partial charge in [0, 0.05) is 13.0 Å². The molecule has 4 nitrogen and oxygen atoms in total. The van der Waals surface area contributed by atoms with E-state index in [4.69, 9.17) is 10.2 Å². The Hall–Kier alpha value is -0.610. The molecular formula is C5H8NO3. The first-order valence-corrected chi connectivity index (χ1v) is 2.77. The van der Waals surface area contributed by atoms with E-state index in [0.717, 1.165) is 0 Å². The first-order valence-electron chi connectivity index (χ1n) is 2.77. The third-order valence-corrected chi connectivity index (χ3v) is 1.32. The molecule has 0 bridgehead atoms. The van der Waals surface area contributed by atoms with Crippen LogP contribution in [0.5, 0.6) is 0 Å². The molecule has 0 aliphatic carbocycles. The number of hydrogen-bond acceptors (Lipinski definition) is 2. The van der Waals surface area contributed by atoms with Crippen molar-refractivity contribution in [1.29, 1.82) is 0 Å². The SMILES string of the molecule is O=C(O)[C@@H]1CC(O)C[N]1. The highest BCUT2D eigenvalue weighted by Gasteiger charge is 2.28. The summed E-state index contributed by atoms with van der Waals surface area (Å²) in [4.78, 5) is 10.1. The Balaban J connectivity index is 2.39. The zero-order chi connectivity index (χ0) is 6.85. The third kappa shape index (κ3) is 1.40. The van der Waals surface area contributed by atoms with Crippen LogP contribution in [0, 0.1) is 0 Å². The molecule has 1 radical (unpaired) electrons. The summed E-state index contributed by atoms with van der Waals surface area (Å²) in [6, 6.07) is -0.667.